The van der Waals surface area contributed by atoms with Crippen LogP contribution in [0.1, 0.15) is 52.7 Å². The highest BCUT2D eigenvalue weighted by atomic mass is 28.1. The van der Waals surface area contributed by atoms with Crippen molar-refractivity contribution < 1.29 is 19.7 Å². The lowest BCUT2D eigenvalue weighted by molar-refractivity contribution is -0.0798. The van der Waals surface area contributed by atoms with Crippen LogP contribution in [0.25, 0.3) is 10.9 Å². The van der Waals surface area contributed by atoms with E-state index in [0.29, 0.717) is 18.9 Å². The number of nitrogens with zero attached hydrogens (tertiary/aromatic N) is 1. The van der Waals surface area contributed by atoms with E-state index in [1.54, 1.807) is 19.2 Å². The number of aromatic amines is 1. The zero-order chi connectivity index (χ0) is 23.4. The molecule has 2 heterocycles. The molecule has 6 nitrogen and oxygen atoms in total. The molecule has 3 N–H and O–H groups in total. The first-order chi connectivity index (χ1) is 15.7. The molecule has 2 aliphatic rings. The molecule has 174 valence electrons. The van der Waals surface area contributed by atoms with E-state index in [1.807, 2.05) is 18.3 Å². The molecule has 1 aliphatic carbocycles. The minimum absolute atomic E-state index is 0.290. The van der Waals surface area contributed by atoms with Gasteiger partial charge in [-0.05, 0) is 73.9 Å². The first-order valence-corrected chi connectivity index (χ1v) is 12.7. The van der Waals surface area contributed by atoms with Crippen molar-refractivity contribution in [1.82, 2.24) is 9.88 Å². The number of carbonyl (C=O) groups is 1. The van der Waals surface area contributed by atoms with Crippen molar-refractivity contribution in [2.24, 2.45) is 5.92 Å². The van der Waals surface area contributed by atoms with Gasteiger partial charge >= 0.3 is 5.97 Å². The Morgan fingerprint density at radius 3 is 2.64 bits per heavy atom. The summed E-state index contributed by atoms with van der Waals surface area (Å²) < 4.78 is 5.81. The van der Waals surface area contributed by atoms with E-state index in [9.17, 15) is 15.0 Å². The highest BCUT2D eigenvalue weighted by molar-refractivity contribution is 6.15. The Balaban J connectivity index is 1.57. The zero-order valence-corrected chi connectivity index (χ0v) is 21.5. The molecule has 1 aliphatic heterocycles. The van der Waals surface area contributed by atoms with Crippen LogP contribution in [0.2, 0.25) is 0 Å². The Bertz CT molecular complexity index is 1200. The number of hydrogen-bond acceptors (Lipinski definition) is 4. The number of H-pyrrole nitrogens is 1. The number of carboxylic acids is 1. The summed E-state index contributed by atoms with van der Waals surface area (Å²) in [6, 6.07) is 11.5. The van der Waals surface area contributed by atoms with Crippen LogP contribution in [-0.4, -0.2) is 55.6 Å². The minimum atomic E-state index is -0.918. The first-order valence-electron chi connectivity index (χ1n) is 11.7. The Kier molecular flexibility index (Phi) is 5.38. The number of ether oxygens (including phenoxy) is 1. The average molecular weight is 465 g/mol. The summed E-state index contributed by atoms with van der Waals surface area (Å²) in [4.78, 5) is 17.3. The zero-order valence-electron chi connectivity index (χ0n) is 19.5. The lowest BCUT2D eigenvalue weighted by atomic mass is 9.79. The van der Waals surface area contributed by atoms with Crippen LogP contribution >= 0.6 is 0 Å². The van der Waals surface area contributed by atoms with Crippen LogP contribution in [-0.2, 0) is 11.7 Å². The standard InChI is InChI=1S/C26H32N2O4Si/c1-16-13-22(32-2)21(20-9-11-27-23(16)20)14-28-12-10-25(31,18-7-8-18)15-26(28,33)19-5-3-17(4-6-19)24(29)30/h3-6,9,11,13,18,27,31H,7-8,10,12,14-15H2,1-2,33H3,(H,29,30)/t25-,26+/m1/s1. The molecule has 7 heteroatoms. The number of rotatable bonds is 6. The van der Waals surface area contributed by atoms with Gasteiger partial charge in [-0.2, -0.15) is 0 Å². The second kappa shape index (κ2) is 8.01. The SMILES string of the molecule is COc1cc(C)c2[nH]ccc2c1CN1CC[C@](O)(C2CC2)C[C@]1([SiH3])c1ccc(C(=O)O)cc1. The highest BCUT2D eigenvalue weighted by Crippen LogP contribution is 2.51. The van der Waals surface area contributed by atoms with Gasteiger partial charge in [-0.1, -0.05) is 12.1 Å². The van der Waals surface area contributed by atoms with E-state index < -0.39 is 11.6 Å². The molecular weight excluding hydrogens is 432 g/mol. The van der Waals surface area contributed by atoms with E-state index >= 15 is 0 Å². The van der Waals surface area contributed by atoms with Gasteiger partial charge in [0.05, 0.1) is 18.3 Å². The summed E-state index contributed by atoms with van der Waals surface area (Å²) in [6.07, 6.45) is 5.62. The Morgan fingerprint density at radius 1 is 1.27 bits per heavy atom. The summed E-state index contributed by atoms with van der Waals surface area (Å²) >= 11 is 0. The fourth-order valence-corrected chi connectivity index (χ4v) is 7.15. The quantitative estimate of drug-likeness (QED) is 0.488. The topological polar surface area (TPSA) is 85.8 Å². The van der Waals surface area contributed by atoms with E-state index in [2.05, 4.69) is 28.9 Å². The molecule has 1 saturated heterocycles. The number of piperidine rings is 1. The van der Waals surface area contributed by atoms with Crippen molar-refractivity contribution in [3.8, 4) is 5.75 Å². The smallest absolute Gasteiger partial charge is 0.335 e. The summed E-state index contributed by atoms with van der Waals surface area (Å²) in [5.74, 6) is 0.350. The maximum atomic E-state index is 11.6. The van der Waals surface area contributed by atoms with Gasteiger partial charge in [-0.25, -0.2) is 4.79 Å². The first kappa shape index (κ1) is 22.2. The second-order valence-corrected chi connectivity index (χ2v) is 11.7. The number of fused-ring (bicyclic) bond motifs is 1. The number of likely N-dealkylation sites (tertiary alicyclic amines) is 1. The number of carboxylic acid groups (broad SMARTS) is 1. The van der Waals surface area contributed by atoms with Gasteiger partial charge in [-0.3, -0.25) is 4.90 Å². The third-order valence-electron chi connectivity index (χ3n) is 7.93. The molecule has 33 heavy (non-hydrogen) atoms. The largest absolute Gasteiger partial charge is 0.496 e. The fraction of sp³-hybridized carbons (Fsp3) is 0.423. The van der Waals surface area contributed by atoms with Crippen molar-refractivity contribution in [1.29, 1.82) is 0 Å². The summed E-state index contributed by atoms with van der Waals surface area (Å²) in [7, 11) is 2.53. The molecule has 0 bridgehead atoms. The van der Waals surface area contributed by atoms with Crippen molar-refractivity contribution in [3.63, 3.8) is 0 Å². The summed E-state index contributed by atoms with van der Waals surface area (Å²) in [5, 5.41) is 21.8. The number of hydrogen-bond donors (Lipinski definition) is 3. The molecule has 3 aromatic rings. The summed E-state index contributed by atoms with van der Waals surface area (Å²) in [6.45, 7) is 3.59. The van der Waals surface area contributed by atoms with Crippen LogP contribution in [0.3, 0.4) is 0 Å². The minimum Gasteiger partial charge on any atom is -0.496 e. The molecule has 0 amide bonds. The number of benzene rings is 2. The van der Waals surface area contributed by atoms with Crippen molar-refractivity contribution in [2.45, 2.75) is 49.9 Å². The van der Waals surface area contributed by atoms with Crippen molar-refractivity contribution in [2.75, 3.05) is 13.7 Å². The molecule has 2 fully saturated rings. The van der Waals surface area contributed by atoms with Gasteiger partial charge in [0.2, 0.25) is 0 Å². The van der Waals surface area contributed by atoms with Gasteiger partial charge in [-0.15, -0.1) is 0 Å². The molecule has 1 saturated carbocycles. The molecule has 1 aromatic heterocycles. The predicted molar refractivity (Wildman–Crippen MR) is 132 cm³/mol. The lowest BCUT2D eigenvalue weighted by Crippen LogP contribution is -2.58. The molecule has 0 spiro atoms. The monoisotopic (exact) mass is 464 g/mol. The van der Waals surface area contributed by atoms with Crippen LogP contribution in [0.4, 0.5) is 0 Å². The van der Waals surface area contributed by atoms with Crippen molar-refractivity contribution in [3.05, 3.63) is 64.8 Å². The third kappa shape index (κ3) is 3.78. The molecule has 5 rings (SSSR count). The molecule has 0 radical (unpaired) electrons. The van der Waals surface area contributed by atoms with E-state index in [-0.39, 0.29) is 10.7 Å². The normalized spacial score (nSPS) is 26.0. The second-order valence-electron chi connectivity index (χ2n) is 10.0. The van der Waals surface area contributed by atoms with Gasteiger partial charge < -0.3 is 19.9 Å². The maximum Gasteiger partial charge on any atom is 0.335 e. The van der Waals surface area contributed by atoms with Crippen molar-refractivity contribution >= 4 is 27.1 Å². The van der Waals surface area contributed by atoms with Crippen LogP contribution in [0, 0.1) is 12.8 Å². The number of aryl methyl sites for hydroxylation is 1. The van der Waals surface area contributed by atoms with E-state index in [1.165, 1.54) is 5.39 Å². The van der Waals surface area contributed by atoms with Crippen LogP contribution in [0.15, 0.2) is 42.6 Å². The average Bonchev–Trinajstić information content (AvgIpc) is 3.55. The van der Waals surface area contributed by atoms with E-state index in [4.69, 9.17) is 4.74 Å². The Labute approximate surface area is 197 Å². The molecular formula is C26H32N2O4Si. The van der Waals surface area contributed by atoms with Crippen LogP contribution < -0.4 is 4.74 Å². The van der Waals surface area contributed by atoms with Gasteiger partial charge in [0, 0.05) is 51.2 Å². The molecule has 2 atom stereocenters. The number of aromatic nitrogens is 1. The Hall–Kier alpha value is -2.61. The van der Waals surface area contributed by atoms with Gasteiger partial charge in [0.15, 0.2) is 0 Å². The number of nitrogens with one attached hydrogen (secondary N) is 1. The predicted octanol–water partition coefficient (Wildman–Crippen LogP) is 3.14. The number of aromatic carboxylic acids is 1. The Morgan fingerprint density at radius 2 is 2.00 bits per heavy atom. The maximum absolute atomic E-state index is 11.6. The number of methoxy groups -OCH3 is 1. The van der Waals surface area contributed by atoms with Gasteiger partial charge in [0.25, 0.3) is 0 Å². The third-order valence-corrected chi connectivity index (χ3v) is 9.50. The van der Waals surface area contributed by atoms with Gasteiger partial charge in [0.1, 0.15) is 5.75 Å². The lowest BCUT2D eigenvalue weighted by Gasteiger charge is -2.52. The fourth-order valence-electron chi connectivity index (χ4n) is 5.82. The highest BCUT2D eigenvalue weighted by Gasteiger charge is 2.53. The summed E-state index contributed by atoms with van der Waals surface area (Å²) in [5.41, 5.74) is 4.16. The number of aliphatic hydroxyl groups is 1. The molecule has 2 aromatic carbocycles. The van der Waals surface area contributed by atoms with E-state index in [0.717, 1.165) is 64.0 Å². The van der Waals surface area contributed by atoms with Crippen LogP contribution in [0.5, 0.6) is 5.75 Å². The molecule has 0 unspecified atom stereocenters.